The lowest BCUT2D eigenvalue weighted by molar-refractivity contribution is 0.240. The molecule has 0 bridgehead atoms. The predicted molar refractivity (Wildman–Crippen MR) is 79.1 cm³/mol. The molecule has 1 fully saturated rings. The van der Waals surface area contributed by atoms with Crippen LogP contribution in [0.4, 0.5) is 0 Å². The van der Waals surface area contributed by atoms with Crippen LogP contribution in [0.2, 0.25) is 0 Å². The summed E-state index contributed by atoms with van der Waals surface area (Å²) in [6.07, 6.45) is 2.19. The zero-order valence-electron chi connectivity index (χ0n) is 11.6. The van der Waals surface area contributed by atoms with E-state index in [0.717, 1.165) is 25.9 Å². The maximum absolute atomic E-state index is 12.5. The van der Waals surface area contributed by atoms with E-state index in [2.05, 4.69) is 16.8 Å². The van der Waals surface area contributed by atoms with Gasteiger partial charge < -0.3 is 4.98 Å². The summed E-state index contributed by atoms with van der Waals surface area (Å²) < 4.78 is 1.35. The number of H-pyrrole nitrogens is 1. The van der Waals surface area contributed by atoms with Crippen LogP contribution in [0.3, 0.4) is 0 Å². The summed E-state index contributed by atoms with van der Waals surface area (Å²) in [6.45, 7) is 4.62. The van der Waals surface area contributed by atoms with Crippen molar-refractivity contribution < 1.29 is 0 Å². The summed E-state index contributed by atoms with van der Waals surface area (Å²) in [5, 5.41) is 0.577. The maximum atomic E-state index is 12.5. The maximum Gasteiger partial charge on any atom is 0.328 e. The molecule has 1 saturated heterocycles. The Hall–Kier alpha value is -1.88. The Morgan fingerprint density at radius 3 is 2.90 bits per heavy atom. The molecule has 1 atom stereocenters. The number of likely N-dealkylation sites (tertiary alicyclic amines) is 1. The number of hydrogen-bond donors (Lipinski definition) is 1. The lowest BCUT2D eigenvalue weighted by Gasteiger charge is -2.23. The number of benzene rings is 1. The van der Waals surface area contributed by atoms with Gasteiger partial charge in [-0.15, -0.1) is 0 Å². The van der Waals surface area contributed by atoms with Crippen molar-refractivity contribution in [1.29, 1.82) is 0 Å². The average Bonchev–Trinajstić information content (AvgIpc) is 2.90. The van der Waals surface area contributed by atoms with Gasteiger partial charge in [0.05, 0.1) is 10.9 Å². The highest BCUT2D eigenvalue weighted by Crippen LogP contribution is 2.17. The largest absolute Gasteiger partial charge is 0.328 e. The van der Waals surface area contributed by atoms with E-state index < -0.39 is 0 Å². The third kappa shape index (κ3) is 2.18. The number of likely N-dealkylation sites (N-methyl/N-ethyl adjacent to an activating group) is 1. The second-order valence-corrected chi connectivity index (χ2v) is 5.32. The van der Waals surface area contributed by atoms with Gasteiger partial charge in [-0.05, 0) is 38.1 Å². The van der Waals surface area contributed by atoms with E-state index in [4.69, 9.17) is 0 Å². The number of aromatic nitrogens is 2. The van der Waals surface area contributed by atoms with Gasteiger partial charge in [-0.25, -0.2) is 4.79 Å². The molecule has 106 valence electrons. The summed E-state index contributed by atoms with van der Waals surface area (Å²) in [5.41, 5.74) is 0.112. The molecule has 0 saturated carbocycles. The summed E-state index contributed by atoms with van der Waals surface area (Å²) in [5.74, 6) is 0. The fourth-order valence-corrected chi connectivity index (χ4v) is 3.09. The summed E-state index contributed by atoms with van der Waals surface area (Å²) in [7, 11) is 0. The molecule has 0 aliphatic carbocycles. The minimum atomic E-state index is -0.309. The topological polar surface area (TPSA) is 58.1 Å². The Kier molecular flexibility index (Phi) is 3.44. The minimum absolute atomic E-state index is 0.188. The molecule has 0 amide bonds. The first-order chi connectivity index (χ1) is 9.70. The lowest BCUT2D eigenvalue weighted by atomic mass is 10.2. The van der Waals surface area contributed by atoms with E-state index in [0.29, 0.717) is 23.5 Å². The lowest BCUT2D eigenvalue weighted by Crippen LogP contribution is -2.42. The van der Waals surface area contributed by atoms with Gasteiger partial charge in [0.25, 0.3) is 5.56 Å². The molecule has 1 unspecified atom stereocenters. The van der Waals surface area contributed by atoms with E-state index in [1.54, 1.807) is 12.1 Å². The van der Waals surface area contributed by atoms with Crippen molar-refractivity contribution in [3.63, 3.8) is 0 Å². The highest BCUT2D eigenvalue weighted by Gasteiger charge is 2.24. The Morgan fingerprint density at radius 1 is 1.30 bits per heavy atom. The van der Waals surface area contributed by atoms with Crippen molar-refractivity contribution in [3.05, 3.63) is 45.1 Å². The summed E-state index contributed by atoms with van der Waals surface area (Å²) in [6, 6.07) is 7.45. The smallest absolute Gasteiger partial charge is 0.307 e. The molecule has 1 aromatic heterocycles. The number of nitrogens with zero attached hydrogens (tertiary/aromatic N) is 2. The molecule has 2 heterocycles. The molecule has 5 nitrogen and oxygen atoms in total. The first kappa shape index (κ1) is 13.1. The zero-order valence-corrected chi connectivity index (χ0v) is 11.6. The Balaban J connectivity index is 2.03. The van der Waals surface area contributed by atoms with Gasteiger partial charge in [0.1, 0.15) is 0 Å². The zero-order chi connectivity index (χ0) is 14.1. The second kappa shape index (κ2) is 5.25. The number of nitrogens with one attached hydrogen (secondary N) is 1. The summed E-state index contributed by atoms with van der Waals surface area (Å²) >= 11 is 0. The molecule has 5 heteroatoms. The predicted octanol–water partition coefficient (Wildman–Crippen LogP) is 1.17. The molecule has 0 spiro atoms. The Morgan fingerprint density at radius 2 is 2.10 bits per heavy atom. The Bertz CT molecular complexity index is 732. The SMILES string of the molecule is CCN1CCCC1Cn1c(=O)[nH]c2ccccc2c1=O. The minimum Gasteiger partial charge on any atom is -0.307 e. The number of rotatable bonds is 3. The van der Waals surface area contributed by atoms with Crippen molar-refractivity contribution in [2.45, 2.75) is 32.4 Å². The molecule has 2 aromatic rings. The van der Waals surface area contributed by atoms with Gasteiger partial charge in [0.15, 0.2) is 0 Å². The fraction of sp³-hybridized carbons (Fsp3) is 0.467. The van der Waals surface area contributed by atoms with Crippen LogP contribution in [0.1, 0.15) is 19.8 Å². The number of aromatic amines is 1. The quantitative estimate of drug-likeness (QED) is 0.913. The highest BCUT2D eigenvalue weighted by atomic mass is 16.2. The van der Waals surface area contributed by atoms with Gasteiger partial charge in [-0.1, -0.05) is 19.1 Å². The molecule has 1 aliphatic rings. The molecule has 0 radical (unpaired) electrons. The van der Waals surface area contributed by atoms with Crippen LogP contribution in [0.25, 0.3) is 10.9 Å². The van der Waals surface area contributed by atoms with Crippen molar-refractivity contribution >= 4 is 10.9 Å². The van der Waals surface area contributed by atoms with Gasteiger partial charge in [0, 0.05) is 12.6 Å². The first-order valence-corrected chi connectivity index (χ1v) is 7.16. The highest BCUT2D eigenvalue weighted by molar-refractivity contribution is 5.76. The molecule has 1 aromatic carbocycles. The second-order valence-electron chi connectivity index (χ2n) is 5.32. The average molecular weight is 273 g/mol. The molecule has 1 N–H and O–H groups in total. The van der Waals surface area contributed by atoms with Gasteiger partial charge >= 0.3 is 5.69 Å². The molecule has 3 rings (SSSR count). The number of para-hydroxylation sites is 1. The fourth-order valence-electron chi connectivity index (χ4n) is 3.09. The summed E-state index contributed by atoms with van der Waals surface area (Å²) in [4.78, 5) is 29.7. The third-order valence-electron chi connectivity index (χ3n) is 4.19. The van der Waals surface area contributed by atoms with Gasteiger partial charge in [-0.2, -0.15) is 0 Å². The Labute approximate surface area is 116 Å². The van der Waals surface area contributed by atoms with Crippen molar-refractivity contribution in [1.82, 2.24) is 14.5 Å². The first-order valence-electron chi connectivity index (χ1n) is 7.16. The monoisotopic (exact) mass is 273 g/mol. The number of hydrogen-bond acceptors (Lipinski definition) is 3. The van der Waals surface area contributed by atoms with Crippen LogP contribution < -0.4 is 11.2 Å². The van der Waals surface area contributed by atoms with Crippen molar-refractivity contribution in [2.75, 3.05) is 13.1 Å². The number of fused-ring (bicyclic) bond motifs is 1. The van der Waals surface area contributed by atoms with Gasteiger partial charge in [0.2, 0.25) is 0 Å². The van der Waals surface area contributed by atoms with Crippen LogP contribution in [-0.4, -0.2) is 33.6 Å². The normalized spacial score (nSPS) is 19.8. The molecular weight excluding hydrogens is 254 g/mol. The molecular formula is C15H19N3O2. The van der Waals surface area contributed by atoms with Crippen LogP contribution in [0.5, 0.6) is 0 Å². The van der Waals surface area contributed by atoms with Crippen molar-refractivity contribution in [2.24, 2.45) is 0 Å². The van der Waals surface area contributed by atoms with E-state index in [1.807, 2.05) is 12.1 Å². The van der Waals surface area contributed by atoms with E-state index in [1.165, 1.54) is 4.57 Å². The third-order valence-corrected chi connectivity index (χ3v) is 4.19. The van der Waals surface area contributed by atoms with Crippen LogP contribution in [-0.2, 0) is 6.54 Å². The van der Waals surface area contributed by atoms with E-state index >= 15 is 0 Å². The van der Waals surface area contributed by atoms with Crippen molar-refractivity contribution in [3.8, 4) is 0 Å². The van der Waals surface area contributed by atoms with Gasteiger partial charge in [-0.3, -0.25) is 14.3 Å². The molecule has 20 heavy (non-hydrogen) atoms. The standard InChI is InChI=1S/C15H19N3O2/c1-2-17-9-5-6-11(17)10-18-14(19)12-7-3-4-8-13(12)16-15(18)20/h3-4,7-8,11H,2,5-6,9-10H2,1H3,(H,16,20). The van der Waals surface area contributed by atoms with Crippen LogP contribution in [0, 0.1) is 0 Å². The van der Waals surface area contributed by atoms with Crippen LogP contribution >= 0.6 is 0 Å². The van der Waals surface area contributed by atoms with Crippen LogP contribution in [0.15, 0.2) is 33.9 Å². The molecule has 1 aliphatic heterocycles. The van der Waals surface area contributed by atoms with E-state index in [-0.39, 0.29) is 11.2 Å². The van der Waals surface area contributed by atoms with E-state index in [9.17, 15) is 9.59 Å².